The van der Waals surface area contributed by atoms with Crippen molar-refractivity contribution in [2.75, 3.05) is 6.54 Å². The molecular weight excluding hydrogens is 366 g/mol. The SMILES string of the molecule is CCC(CC(C)C)C(=O)NC12CCCC1N(C(=O)c1ccc3nncn3c1)CC2. The highest BCUT2D eigenvalue weighted by Gasteiger charge is 2.53. The number of likely N-dealkylation sites (tertiary alicyclic amines) is 1. The maximum atomic E-state index is 13.3. The van der Waals surface area contributed by atoms with Crippen molar-refractivity contribution in [1.29, 1.82) is 0 Å². The normalized spacial score (nSPS) is 24.8. The van der Waals surface area contributed by atoms with Crippen molar-refractivity contribution in [2.45, 2.75) is 70.9 Å². The van der Waals surface area contributed by atoms with Crippen molar-refractivity contribution in [3.05, 3.63) is 30.2 Å². The van der Waals surface area contributed by atoms with E-state index in [1.807, 2.05) is 17.0 Å². The molecule has 2 fully saturated rings. The molecule has 29 heavy (non-hydrogen) atoms. The lowest BCUT2D eigenvalue weighted by Crippen LogP contribution is -2.55. The average molecular weight is 398 g/mol. The first-order valence-electron chi connectivity index (χ1n) is 10.9. The van der Waals surface area contributed by atoms with Crippen molar-refractivity contribution in [3.8, 4) is 0 Å². The number of carbonyl (C=O) groups is 2. The molecule has 1 aliphatic carbocycles. The average Bonchev–Trinajstić information content (AvgIpc) is 3.39. The van der Waals surface area contributed by atoms with Crippen LogP contribution in [0, 0.1) is 11.8 Å². The van der Waals surface area contributed by atoms with E-state index in [1.54, 1.807) is 16.9 Å². The monoisotopic (exact) mass is 397 g/mol. The highest BCUT2D eigenvalue weighted by atomic mass is 16.2. The smallest absolute Gasteiger partial charge is 0.255 e. The van der Waals surface area contributed by atoms with Crippen LogP contribution < -0.4 is 5.32 Å². The lowest BCUT2D eigenvalue weighted by molar-refractivity contribution is -0.127. The van der Waals surface area contributed by atoms with Crippen molar-refractivity contribution >= 4 is 17.5 Å². The van der Waals surface area contributed by atoms with Crippen LogP contribution in [0.25, 0.3) is 5.65 Å². The Balaban J connectivity index is 1.52. The fraction of sp³-hybridized carbons (Fsp3) is 0.636. The number of carbonyl (C=O) groups excluding carboxylic acids is 2. The van der Waals surface area contributed by atoms with Gasteiger partial charge in [-0.15, -0.1) is 10.2 Å². The van der Waals surface area contributed by atoms with Gasteiger partial charge in [0, 0.05) is 18.7 Å². The summed E-state index contributed by atoms with van der Waals surface area (Å²) < 4.78 is 1.77. The molecular formula is C22H31N5O2. The molecule has 0 spiro atoms. The van der Waals surface area contributed by atoms with E-state index in [9.17, 15) is 9.59 Å². The summed E-state index contributed by atoms with van der Waals surface area (Å²) in [5.74, 6) is 0.731. The highest BCUT2D eigenvalue weighted by Crippen LogP contribution is 2.42. The van der Waals surface area contributed by atoms with E-state index >= 15 is 0 Å². The standard InChI is InChI=1S/C22H31N5O2/c1-4-16(12-15(2)3)20(28)24-22-9-5-6-18(22)27(11-10-22)21(29)17-7-8-19-25-23-14-26(19)13-17/h7-8,13-16,18H,4-6,9-12H2,1-3H3,(H,24,28). The molecule has 2 aromatic rings. The molecule has 156 valence electrons. The second-order valence-corrected chi connectivity index (χ2v) is 9.05. The minimum Gasteiger partial charge on any atom is -0.348 e. The van der Waals surface area contributed by atoms with Crippen LogP contribution in [0.4, 0.5) is 0 Å². The molecule has 1 saturated heterocycles. The van der Waals surface area contributed by atoms with E-state index in [0.717, 1.165) is 44.2 Å². The number of rotatable bonds is 6. The number of aromatic nitrogens is 3. The Labute approximate surface area is 171 Å². The maximum absolute atomic E-state index is 13.3. The fourth-order valence-electron chi connectivity index (χ4n) is 5.22. The molecule has 0 radical (unpaired) electrons. The van der Waals surface area contributed by atoms with Crippen molar-refractivity contribution in [3.63, 3.8) is 0 Å². The van der Waals surface area contributed by atoms with Crippen LogP contribution in [0.15, 0.2) is 24.7 Å². The van der Waals surface area contributed by atoms with Crippen LogP contribution in [0.3, 0.4) is 0 Å². The summed E-state index contributed by atoms with van der Waals surface area (Å²) >= 11 is 0. The molecule has 7 heteroatoms. The van der Waals surface area contributed by atoms with Crippen molar-refractivity contribution in [1.82, 2.24) is 24.8 Å². The van der Waals surface area contributed by atoms with Crippen LogP contribution in [0.1, 0.15) is 69.7 Å². The van der Waals surface area contributed by atoms with Gasteiger partial charge < -0.3 is 10.2 Å². The summed E-state index contributed by atoms with van der Waals surface area (Å²) in [6.07, 6.45) is 8.94. The summed E-state index contributed by atoms with van der Waals surface area (Å²) in [5.41, 5.74) is 1.09. The molecule has 0 bridgehead atoms. The van der Waals surface area contributed by atoms with Crippen LogP contribution in [0.2, 0.25) is 0 Å². The minimum absolute atomic E-state index is 0.0258. The molecule has 0 aromatic carbocycles. The molecule has 7 nitrogen and oxygen atoms in total. The number of nitrogens with one attached hydrogen (secondary N) is 1. The Kier molecular flexibility index (Phi) is 5.32. The third-order valence-electron chi connectivity index (χ3n) is 6.70. The molecule has 1 saturated carbocycles. The number of pyridine rings is 1. The zero-order valence-corrected chi connectivity index (χ0v) is 17.6. The molecule has 2 aliphatic rings. The Morgan fingerprint density at radius 3 is 2.90 bits per heavy atom. The van der Waals surface area contributed by atoms with Gasteiger partial charge in [-0.25, -0.2) is 0 Å². The minimum atomic E-state index is -0.266. The van der Waals surface area contributed by atoms with E-state index < -0.39 is 0 Å². The molecule has 1 N–H and O–H groups in total. The first-order chi connectivity index (χ1) is 13.9. The van der Waals surface area contributed by atoms with E-state index in [4.69, 9.17) is 0 Å². The van der Waals surface area contributed by atoms with Crippen LogP contribution in [-0.2, 0) is 4.79 Å². The zero-order valence-electron chi connectivity index (χ0n) is 17.6. The summed E-state index contributed by atoms with van der Waals surface area (Å²) in [6.45, 7) is 7.09. The first kappa shape index (κ1) is 19.9. The Morgan fingerprint density at radius 1 is 1.31 bits per heavy atom. The summed E-state index contributed by atoms with van der Waals surface area (Å²) in [6, 6.07) is 3.71. The summed E-state index contributed by atoms with van der Waals surface area (Å²) in [7, 11) is 0. The van der Waals surface area contributed by atoms with Gasteiger partial charge in [0.15, 0.2) is 5.65 Å². The first-order valence-corrected chi connectivity index (χ1v) is 10.9. The van der Waals surface area contributed by atoms with Gasteiger partial charge in [0.05, 0.1) is 17.1 Å². The summed E-state index contributed by atoms with van der Waals surface area (Å²) in [5, 5.41) is 11.3. The number of nitrogens with zero attached hydrogens (tertiary/aromatic N) is 4. The van der Waals surface area contributed by atoms with Crippen LogP contribution >= 0.6 is 0 Å². The van der Waals surface area contributed by atoms with Crippen LogP contribution in [0.5, 0.6) is 0 Å². The topological polar surface area (TPSA) is 79.6 Å². The molecule has 3 atom stereocenters. The molecule has 2 aromatic heterocycles. The molecule has 3 unspecified atom stereocenters. The van der Waals surface area contributed by atoms with Gasteiger partial charge in [0.2, 0.25) is 5.91 Å². The van der Waals surface area contributed by atoms with Crippen molar-refractivity contribution < 1.29 is 9.59 Å². The van der Waals surface area contributed by atoms with E-state index in [0.29, 0.717) is 18.0 Å². The number of fused-ring (bicyclic) bond motifs is 2. The number of amides is 2. The lowest BCUT2D eigenvalue weighted by Gasteiger charge is -2.34. The van der Waals surface area contributed by atoms with E-state index in [-0.39, 0.29) is 29.3 Å². The molecule has 1 aliphatic heterocycles. The van der Waals surface area contributed by atoms with Crippen molar-refractivity contribution in [2.24, 2.45) is 11.8 Å². The second kappa shape index (κ2) is 7.76. The third kappa shape index (κ3) is 3.63. The predicted octanol–water partition coefficient (Wildman–Crippen LogP) is 3.06. The molecule has 4 rings (SSSR count). The van der Waals surface area contributed by atoms with Gasteiger partial charge in [0.1, 0.15) is 6.33 Å². The fourth-order valence-corrected chi connectivity index (χ4v) is 5.22. The Bertz CT molecular complexity index is 907. The third-order valence-corrected chi connectivity index (χ3v) is 6.70. The Morgan fingerprint density at radius 2 is 2.14 bits per heavy atom. The van der Waals surface area contributed by atoms with Gasteiger partial charge in [-0.3, -0.25) is 14.0 Å². The quantitative estimate of drug-likeness (QED) is 0.812. The highest BCUT2D eigenvalue weighted by molar-refractivity contribution is 5.95. The largest absolute Gasteiger partial charge is 0.348 e. The van der Waals surface area contributed by atoms with Gasteiger partial charge in [-0.1, -0.05) is 20.8 Å². The van der Waals surface area contributed by atoms with E-state index in [1.165, 1.54) is 0 Å². The maximum Gasteiger partial charge on any atom is 0.255 e. The van der Waals surface area contributed by atoms with Gasteiger partial charge in [-0.05, 0) is 56.6 Å². The summed E-state index contributed by atoms with van der Waals surface area (Å²) in [4.78, 5) is 28.3. The number of hydrogen-bond acceptors (Lipinski definition) is 4. The van der Waals surface area contributed by atoms with Gasteiger partial charge >= 0.3 is 0 Å². The van der Waals surface area contributed by atoms with Gasteiger partial charge in [0.25, 0.3) is 5.91 Å². The second-order valence-electron chi connectivity index (χ2n) is 9.05. The molecule has 2 amide bonds. The Hall–Kier alpha value is -2.44. The zero-order chi connectivity index (χ0) is 20.6. The lowest BCUT2D eigenvalue weighted by atomic mass is 9.89. The molecule has 3 heterocycles. The van der Waals surface area contributed by atoms with Crippen LogP contribution in [-0.4, -0.2) is 49.4 Å². The van der Waals surface area contributed by atoms with Gasteiger partial charge in [-0.2, -0.15) is 0 Å². The number of hydrogen-bond donors (Lipinski definition) is 1. The predicted molar refractivity (Wildman–Crippen MR) is 110 cm³/mol. The van der Waals surface area contributed by atoms with E-state index in [2.05, 4.69) is 36.3 Å².